The monoisotopic (exact) mass is 377 g/mol. The lowest BCUT2D eigenvalue weighted by molar-refractivity contribution is -0.111. The predicted octanol–water partition coefficient (Wildman–Crippen LogP) is 4.29. The van der Waals surface area contributed by atoms with Crippen LogP contribution in [0.3, 0.4) is 0 Å². The van der Waals surface area contributed by atoms with Crippen molar-refractivity contribution in [2.24, 2.45) is 5.92 Å². The molecule has 0 heterocycles. The second-order valence-electron chi connectivity index (χ2n) is 6.91. The molecule has 0 spiro atoms. The Bertz CT molecular complexity index is 896. The summed E-state index contributed by atoms with van der Waals surface area (Å²) in [5.41, 5.74) is 9.45. The van der Waals surface area contributed by atoms with Crippen LogP contribution in [0.2, 0.25) is 0 Å². The standard InChI is InChI=1S/C23H27N3O2/c1-16(9-14-22(27)25-21-8-6-5-7-20(21)24)15-17(2)23(28)18-10-12-19(13-11-18)26(3)4/h5-15,17H,24H2,1-4H3,(H,25,27). The van der Waals surface area contributed by atoms with Gasteiger partial charge >= 0.3 is 0 Å². The fourth-order valence-electron chi connectivity index (χ4n) is 2.70. The van der Waals surface area contributed by atoms with Crippen molar-refractivity contribution < 1.29 is 9.59 Å². The second kappa shape index (κ2) is 9.55. The molecule has 2 aromatic carbocycles. The van der Waals surface area contributed by atoms with Crippen LogP contribution >= 0.6 is 0 Å². The first kappa shape index (κ1) is 21.0. The number of nitrogens with one attached hydrogen (secondary N) is 1. The highest BCUT2D eigenvalue weighted by Crippen LogP contribution is 2.18. The van der Waals surface area contributed by atoms with E-state index in [1.54, 1.807) is 30.3 Å². The Morgan fingerprint density at radius 2 is 1.68 bits per heavy atom. The molecule has 146 valence electrons. The fourth-order valence-corrected chi connectivity index (χ4v) is 2.70. The summed E-state index contributed by atoms with van der Waals surface area (Å²) in [6.07, 6.45) is 4.97. The van der Waals surface area contributed by atoms with Gasteiger partial charge in [0.05, 0.1) is 11.4 Å². The van der Waals surface area contributed by atoms with Crippen molar-refractivity contribution in [2.75, 3.05) is 30.0 Å². The molecular weight excluding hydrogens is 350 g/mol. The zero-order chi connectivity index (χ0) is 20.7. The van der Waals surface area contributed by atoms with E-state index < -0.39 is 0 Å². The van der Waals surface area contributed by atoms with Crippen LogP contribution in [0.15, 0.2) is 72.3 Å². The van der Waals surface area contributed by atoms with Gasteiger partial charge in [0, 0.05) is 37.3 Å². The van der Waals surface area contributed by atoms with Crippen molar-refractivity contribution in [3.05, 3.63) is 77.9 Å². The summed E-state index contributed by atoms with van der Waals surface area (Å²) in [7, 11) is 3.92. The Morgan fingerprint density at radius 3 is 2.29 bits per heavy atom. The summed E-state index contributed by atoms with van der Waals surface area (Å²) in [4.78, 5) is 26.6. The highest BCUT2D eigenvalue weighted by molar-refractivity contribution is 6.01. The first-order valence-corrected chi connectivity index (χ1v) is 9.11. The van der Waals surface area contributed by atoms with Gasteiger partial charge in [-0.05, 0) is 43.3 Å². The van der Waals surface area contributed by atoms with Crippen molar-refractivity contribution in [3.8, 4) is 0 Å². The lowest BCUT2D eigenvalue weighted by Crippen LogP contribution is -2.11. The summed E-state index contributed by atoms with van der Waals surface area (Å²) < 4.78 is 0. The molecule has 0 aliphatic heterocycles. The Hall–Kier alpha value is -3.34. The predicted molar refractivity (Wildman–Crippen MR) is 117 cm³/mol. The van der Waals surface area contributed by atoms with Crippen molar-refractivity contribution in [1.29, 1.82) is 0 Å². The number of hydrogen-bond acceptors (Lipinski definition) is 4. The number of hydrogen-bond donors (Lipinski definition) is 2. The molecule has 0 saturated heterocycles. The third-order valence-electron chi connectivity index (χ3n) is 4.31. The number of carbonyl (C=O) groups excluding carboxylic acids is 2. The molecule has 5 nitrogen and oxygen atoms in total. The van der Waals surface area contributed by atoms with Crippen LogP contribution in [0.5, 0.6) is 0 Å². The number of benzene rings is 2. The molecule has 0 aliphatic carbocycles. The molecule has 2 aromatic rings. The van der Waals surface area contributed by atoms with Crippen LogP contribution in [0, 0.1) is 5.92 Å². The maximum atomic E-state index is 12.6. The first-order valence-electron chi connectivity index (χ1n) is 9.11. The van der Waals surface area contributed by atoms with Crippen molar-refractivity contribution in [2.45, 2.75) is 13.8 Å². The number of allylic oxidation sites excluding steroid dienone is 3. The van der Waals surface area contributed by atoms with E-state index in [1.165, 1.54) is 6.08 Å². The summed E-state index contributed by atoms with van der Waals surface area (Å²) in [5, 5.41) is 2.73. The molecule has 3 N–H and O–H groups in total. The zero-order valence-corrected chi connectivity index (χ0v) is 16.8. The highest BCUT2D eigenvalue weighted by Gasteiger charge is 2.13. The number of nitrogens with two attached hydrogens (primary N) is 1. The largest absolute Gasteiger partial charge is 0.397 e. The van der Waals surface area contributed by atoms with Crippen LogP contribution in [-0.4, -0.2) is 25.8 Å². The van der Waals surface area contributed by atoms with E-state index in [-0.39, 0.29) is 17.6 Å². The van der Waals surface area contributed by atoms with Crippen molar-refractivity contribution in [1.82, 2.24) is 0 Å². The van der Waals surface area contributed by atoms with E-state index in [0.29, 0.717) is 16.9 Å². The topological polar surface area (TPSA) is 75.4 Å². The summed E-state index contributed by atoms with van der Waals surface area (Å²) in [6.45, 7) is 3.71. The van der Waals surface area contributed by atoms with Crippen molar-refractivity contribution in [3.63, 3.8) is 0 Å². The third-order valence-corrected chi connectivity index (χ3v) is 4.31. The van der Waals surface area contributed by atoms with E-state index in [0.717, 1.165) is 11.3 Å². The van der Waals surface area contributed by atoms with Crippen LogP contribution in [0.1, 0.15) is 24.2 Å². The molecule has 1 atom stereocenters. The number of carbonyl (C=O) groups is 2. The molecule has 0 saturated carbocycles. The molecule has 1 unspecified atom stereocenters. The van der Waals surface area contributed by atoms with Gasteiger partial charge in [0.15, 0.2) is 5.78 Å². The SMILES string of the molecule is CC(C=CC(=O)Nc1ccccc1N)=CC(C)C(=O)c1ccc(N(C)C)cc1. The summed E-state index contributed by atoms with van der Waals surface area (Å²) >= 11 is 0. The number of amides is 1. The molecule has 1 amide bonds. The van der Waals surface area contributed by atoms with E-state index in [4.69, 9.17) is 5.73 Å². The smallest absolute Gasteiger partial charge is 0.248 e. The van der Waals surface area contributed by atoms with Crippen LogP contribution in [0.25, 0.3) is 0 Å². The number of anilines is 3. The molecule has 2 rings (SSSR count). The highest BCUT2D eigenvalue weighted by atomic mass is 16.1. The van der Waals surface area contributed by atoms with Gasteiger partial charge in [-0.3, -0.25) is 9.59 Å². The number of Topliss-reactive ketones (excluding diaryl/α,β-unsaturated/α-hetero) is 1. The fraction of sp³-hybridized carbons (Fsp3) is 0.217. The minimum Gasteiger partial charge on any atom is -0.397 e. The Morgan fingerprint density at radius 1 is 1.04 bits per heavy atom. The average Bonchev–Trinajstić information content (AvgIpc) is 2.67. The number of ketones is 1. The van der Waals surface area contributed by atoms with Gasteiger partial charge in [-0.2, -0.15) is 0 Å². The summed E-state index contributed by atoms with van der Waals surface area (Å²) in [5.74, 6) is -0.522. The number of nitrogens with zero attached hydrogens (tertiary/aromatic N) is 1. The van der Waals surface area contributed by atoms with Gasteiger partial charge in [-0.15, -0.1) is 0 Å². The molecule has 0 aromatic heterocycles. The van der Waals surface area contributed by atoms with E-state index in [9.17, 15) is 9.59 Å². The van der Waals surface area contributed by atoms with Gasteiger partial charge < -0.3 is 16.0 Å². The molecular formula is C23H27N3O2. The Labute approximate surface area is 166 Å². The van der Waals surface area contributed by atoms with Gasteiger partial charge in [-0.25, -0.2) is 0 Å². The Balaban J connectivity index is 1.99. The normalized spacial score (nSPS) is 12.6. The summed E-state index contributed by atoms with van der Waals surface area (Å²) in [6, 6.07) is 14.6. The van der Waals surface area contributed by atoms with Crippen molar-refractivity contribution >= 4 is 28.8 Å². The maximum Gasteiger partial charge on any atom is 0.248 e. The number of para-hydroxylation sites is 2. The number of rotatable bonds is 7. The number of nitrogen functional groups attached to an aromatic ring is 1. The third kappa shape index (κ3) is 5.84. The van der Waals surface area contributed by atoms with Crippen LogP contribution in [-0.2, 0) is 4.79 Å². The van der Waals surface area contributed by atoms with Crippen LogP contribution < -0.4 is 16.0 Å². The maximum absolute atomic E-state index is 12.6. The first-order chi connectivity index (χ1) is 13.3. The lowest BCUT2D eigenvalue weighted by atomic mass is 9.97. The quantitative estimate of drug-likeness (QED) is 0.327. The van der Waals surface area contributed by atoms with Gasteiger partial charge in [0.1, 0.15) is 0 Å². The van der Waals surface area contributed by atoms with Gasteiger partial charge in [0.25, 0.3) is 0 Å². The molecule has 0 bridgehead atoms. The van der Waals surface area contributed by atoms with E-state index >= 15 is 0 Å². The molecule has 5 heteroatoms. The van der Waals surface area contributed by atoms with Gasteiger partial charge in [-0.1, -0.05) is 36.8 Å². The minimum absolute atomic E-state index is 0.0413. The zero-order valence-electron chi connectivity index (χ0n) is 16.8. The molecule has 0 radical (unpaired) electrons. The minimum atomic E-state index is -0.289. The van der Waals surface area contributed by atoms with Gasteiger partial charge in [0.2, 0.25) is 5.91 Å². The molecule has 0 aliphatic rings. The lowest BCUT2D eigenvalue weighted by Gasteiger charge is -2.13. The molecule has 28 heavy (non-hydrogen) atoms. The second-order valence-corrected chi connectivity index (χ2v) is 6.91. The van der Waals surface area contributed by atoms with Crippen LogP contribution in [0.4, 0.5) is 17.1 Å². The molecule has 0 fully saturated rings. The van der Waals surface area contributed by atoms with E-state index in [2.05, 4.69) is 5.32 Å². The average molecular weight is 377 g/mol. The Kier molecular flexibility index (Phi) is 7.15. The van der Waals surface area contributed by atoms with E-state index in [1.807, 2.05) is 63.2 Å².